The summed E-state index contributed by atoms with van der Waals surface area (Å²) in [5.41, 5.74) is 0.379. The third-order valence-corrected chi connectivity index (χ3v) is 4.39. The van der Waals surface area contributed by atoms with E-state index >= 15 is 0 Å². The first kappa shape index (κ1) is 11.7. The minimum absolute atomic E-state index is 0.150. The van der Waals surface area contributed by atoms with Gasteiger partial charge in [-0.05, 0) is 31.2 Å². The molecular formula is C11H13ClN2OS. The zero-order valence-corrected chi connectivity index (χ0v) is 10.6. The first-order chi connectivity index (χ1) is 7.65. The van der Waals surface area contributed by atoms with Gasteiger partial charge in [-0.3, -0.25) is 4.79 Å². The summed E-state index contributed by atoms with van der Waals surface area (Å²) in [6.07, 6.45) is 4.44. The number of carbonyl (C=O) groups excluding carboxylic acids is 1. The van der Waals surface area contributed by atoms with Crippen LogP contribution >= 0.6 is 23.4 Å². The van der Waals surface area contributed by atoms with Crippen molar-refractivity contribution in [3.05, 3.63) is 29.0 Å². The van der Waals surface area contributed by atoms with Gasteiger partial charge < -0.3 is 5.32 Å². The number of nitrogens with one attached hydrogen (secondary N) is 1. The fourth-order valence-electron chi connectivity index (χ4n) is 1.46. The predicted molar refractivity (Wildman–Crippen MR) is 67.1 cm³/mol. The van der Waals surface area contributed by atoms with Crippen LogP contribution in [-0.2, 0) is 0 Å². The van der Waals surface area contributed by atoms with Gasteiger partial charge in [-0.15, -0.1) is 0 Å². The highest BCUT2D eigenvalue weighted by Crippen LogP contribution is 2.46. The van der Waals surface area contributed by atoms with Crippen LogP contribution in [0.2, 0.25) is 5.15 Å². The SMILES string of the molecule is CSC1(CNC(=O)c2cccc(Cl)n2)CC1. The standard InChI is InChI=1S/C11H13ClN2OS/c1-16-11(5-6-11)7-13-10(15)8-3-2-4-9(12)14-8/h2-4H,5-7H2,1H3,(H,13,15). The Balaban J connectivity index is 1.93. The second kappa shape index (κ2) is 4.63. The molecule has 1 amide bonds. The Morgan fingerprint density at radius 2 is 2.38 bits per heavy atom. The average Bonchev–Trinajstić information content (AvgIpc) is 3.07. The molecule has 0 aromatic carbocycles. The number of halogens is 1. The summed E-state index contributed by atoms with van der Waals surface area (Å²) in [5.74, 6) is -0.150. The van der Waals surface area contributed by atoms with Gasteiger partial charge >= 0.3 is 0 Å². The van der Waals surface area contributed by atoms with E-state index in [0.29, 0.717) is 17.4 Å². The van der Waals surface area contributed by atoms with Gasteiger partial charge in [0.05, 0.1) is 0 Å². The Hall–Kier alpha value is -0.740. The summed E-state index contributed by atoms with van der Waals surface area (Å²) in [7, 11) is 0. The Morgan fingerprint density at radius 1 is 1.62 bits per heavy atom. The molecule has 0 radical (unpaired) electrons. The summed E-state index contributed by atoms with van der Waals surface area (Å²) in [6.45, 7) is 0.710. The third kappa shape index (κ3) is 2.68. The molecule has 1 N–H and O–H groups in total. The lowest BCUT2D eigenvalue weighted by Gasteiger charge is -2.12. The van der Waals surface area contributed by atoms with Crippen LogP contribution in [0.4, 0.5) is 0 Å². The lowest BCUT2D eigenvalue weighted by Crippen LogP contribution is -2.32. The van der Waals surface area contributed by atoms with Crippen molar-refractivity contribution < 1.29 is 4.79 Å². The van der Waals surface area contributed by atoms with Crippen LogP contribution in [0.15, 0.2) is 18.2 Å². The maximum atomic E-state index is 11.7. The van der Waals surface area contributed by atoms with Gasteiger partial charge in [-0.1, -0.05) is 17.7 Å². The lowest BCUT2D eigenvalue weighted by atomic mass is 10.3. The Kier molecular flexibility index (Phi) is 3.40. The maximum Gasteiger partial charge on any atom is 0.269 e. The lowest BCUT2D eigenvalue weighted by molar-refractivity contribution is 0.0948. The van der Waals surface area contributed by atoms with Gasteiger partial charge in [-0.2, -0.15) is 11.8 Å². The molecule has 86 valence electrons. The molecule has 0 unspecified atom stereocenters. The van der Waals surface area contributed by atoms with E-state index in [0.717, 1.165) is 0 Å². The van der Waals surface area contributed by atoms with Crippen LogP contribution in [0, 0.1) is 0 Å². The summed E-state index contributed by atoms with van der Waals surface area (Å²) < 4.78 is 0.272. The van der Waals surface area contributed by atoms with Crippen LogP contribution in [0.1, 0.15) is 23.3 Å². The summed E-state index contributed by atoms with van der Waals surface area (Å²) in [5, 5.41) is 3.24. The van der Waals surface area contributed by atoms with Crippen molar-refractivity contribution in [3.63, 3.8) is 0 Å². The van der Waals surface area contributed by atoms with Crippen molar-refractivity contribution in [1.29, 1.82) is 0 Å². The second-order valence-corrected chi connectivity index (χ2v) is 5.58. The number of hydrogen-bond donors (Lipinski definition) is 1. The third-order valence-electron chi connectivity index (χ3n) is 2.76. The van der Waals surface area contributed by atoms with Crippen molar-refractivity contribution in [3.8, 4) is 0 Å². The number of aromatic nitrogens is 1. The van der Waals surface area contributed by atoms with E-state index in [1.54, 1.807) is 18.2 Å². The summed E-state index contributed by atoms with van der Waals surface area (Å²) >= 11 is 7.54. The molecule has 0 atom stereocenters. The highest BCUT2D eigenvalue weighted by Gasteiger charge is 2.41. The van der Waals surface area contributed by atoms with Gasteiger partial charge in [0.15, 0.2) is 0 Å². The van der Waals surface area contributed by atoms with Crippen LogP contribution in [0.25, 0.3) is 0 Å². The Bertz CT molecular complexity index is 407. The molecule has 0 bridgehead atoms. The molecule has 5 heteroatoms. The zero-order valence-electron chi connectivity index (χ0n) is 9.00. The van der Waals surface area contributed by atoms with Crippen molar-refractivity contribution in [2.45, 2.75) is 17.6 Å². The predicted octanol–water partition coefficient (Wildman–Crippen LogP) is 2.36. The molecule has 0 saturated heterocycles. The van der Waals surface area contributed by atoms with Crippen LogP contribution in [0.3, 0.4) is 0 Å². The Morgan fingerprint density at radius 3 is 2.94 bits per heavy atom. The quantitative estimate of drug-likeness (QED) is 0.841. The molecule has 2 rings (SSSR count). The molecule has 1 aliphatic carbocycles. The summed E-state index contributed by atoms with van der Waals surface area (Å²) in [6, 6.07) is 5.05. The fourth-order valence-corrected chi connectivity index (χ4v) is 2.35. The molecule has 0 spiro atoms. The van der Waals surface area contributed by atoms with Gasteiger partial charge in [-0.25, -0.2) is 4.98 Å². The van der Waals surface area contributed by atoms with E-state index < -0.39 is 0 Å². The van der Waals surface area contributed by atoms with Crippen LogP contribution in [0.5, 0.6) is 0 Å². The van der Waals surface area contributed by atoms with Crippen molar-refractivity contribution >= 4 is 29.3 Å². The van der Waals surface area contributed by atoms with Crippen molar-refractivity contribution in [2.24, 2.45) is 0 Å². The number of nitrogens with zero attached hydrogens (tertiary/aromatic N) is 1. The minimum Gasteiger partial charge on any atom is -0.349 e. The topological polar surface area (TPSA) is 42.0 Å². The molecule has 3 nitrogen and oxygen atoms in total. The van der Waals surface area contributed by atoms with E-state index in [4.69, 9.17) is 11.6 Å². The first-order valence-corrected chi connectivity index (χ1v) is 6.71. The zero-order chi connectivity index (χ0) is 11.6. The number of amides is 1. The fraction of sp³-hybridized carbons (Fsp3) is 0.455. The average molecular weight is 257 g/mol. The first-order valence-electron chi connectivity index (χ1n) is 5.11. The molecular weight excluding hydrogens is 244 g/mol. The number of carbonyl (C=O) groups is 1. The summed E-state index contributed by atoms with van der Waals surface area (Å²) in [4.78, 5) is 15.7. The highest BCUT2D eigenvalue weighted by molar-refractivity contribution is 8.00. The minimum atomic E-state index is -0.150. The monoisotopic (exact) mass is 256 g/mol. The van der Waals surface area contributed by atoms with Gasteiger partial charge in [0.1, 0.15) is 10.8 Å². The van der Waals surface area contributed by atoms with E-state index in [1.165, 1.54) is 12.8 Å². The molecule has 1 saturated carbocycles. The van der Waals surface area contributed by atoms with E-state index in [1.807, 2.05) is 11.8 Å². The highest BCUT2D eigenvalue weighted by atomic mass is 35.5. The van der Waals surface area contributed by atoms with Crippen molar-refractivity contribution in [2.75, 3.05) is 12.8 Å². The number of thioether (sulfide) groups is 1. The van der Waals surface area contributed by atoms with Crippen LogP contribution < -0.4 is 5.32 Å². The van der Waals surface area contributed by atoms with E-state index in [9.17, 15) is 4.79 Å². The van der Waals surface area contributed by atoms with Crippen LogP contribution in [-0.4, -0.2) is 28.4 Å². The molecule has 16 heavy (non-hydrogen) atoms. The van der Waals surface area contributed by atoms with Gasteiger partial charge in [0, 0.05) is 11.3 Å². The molecule has 1 aromatic rings. The molecule has 1 aromatic heterocycles. The number of pyridine rings is 1. The molecule has 1 fully saturated rings. The number of rotatable bonds is 4. The number of hydrogen-bond acceptors (Lipinski definition) is 3. The van der Waals surface area contributed by atoms with Gasteiger partial charge in [0.2, 0.25) is 0 Å². The molecule has 1 heterocycles. The Labute approximate surface area is 104 Å². The van der Waals surface area contributed by atoms with Crippen molar-refractivity contribution in [1.82, 2.24) is 10.3 Å². The maximum absolute atomic E-state index is 11.7. The van der Waals surface area contributed by atoms with Gasteiger partial charge in [0.25, 0.3) is 5.91 Å². The van der Waals surface area contributed by atoms with E-state index in [2.05, 4.69) is 16.6 Å². The second-order valence-electron chi connectivity index (χ2n) is 3.92. The smallest absolute Gasteiger partial charge is 0.269 e. The normalized spacial score (nSPS) is 16.9. The molecule has 1 aliphatic rings. The molecule has 0 aliphatic heterocycles. The largest absolute Gasteiger partial charge is 0.349 e. The van der Waals surface area contributed by atoms with E-state index in [-0.39, 0.29) is 10.7 Å².